The third kappa shape index (κ3) is 4.26. The van der Waals surface area contributed by atoms with E-state index in [0.717, 1.165) is 17.7 Å². The van der Waals surface area contributed by atoms with Crippen molar-refractivity contribution in [1.82, 2.24) is 14.9 Å². The SMILES string of the molecule is O=C1CC(c2ccccc2)Cc2nc(N3CCN(C(=O)Cc4ccccc4)CC3)ncc21. The summed E-state index contributed by atoms with van der Waals surface area (Å²) < 4.78 is 0. The van der Waals surface area contributed by atoms with Crippen molar-refractivity contribution in [3.8, 4) is 0 Å². The zero-order valence-electron chi connectivity index (χ0n) is 18.0. The van der Waals surface area contributed by atoms with Gasteiger partial charge in [-0.05, 0) is 23.5 Å². The minimum absolute atomic E-state index is 0.114. The molecule has 2 aliphatic rings. The maximum atomic E-state index is 12.7. The summed E-state index contributed by atoms with van der Waals surface area (Å²) in [6, 6.07) is 20.0. The molecular formula is C26H26N4O2. The molecule has 6 heteroatoms. The van der Waals surface area contributed by atoms with Crippen molar-refractivity contribution in [2.75, 3.05) is 31.1 Å². The summed E-state index contributed by atoms with van der Waals surface area (Å²) in [7, 11) is 0. The number of hydrogen-bond donors (Lipinski definition) is 0. The van der Waals surface area contributed by atoms with E-state index in [4.69, 9.17) is 4.98 Å². The van der Waals surface area contributed by atoms with E-state index in [1.165, 1.54) is 5.56 Å². The van der Waals surface area contributed by atoms with Crippen LogP contribution >= 0.6 is 0 Å². The molecule has 0 N–H and O–H groups in total. The number of carbonyl (C=O) groups excluding carboxylic acids is 2. The highest BCUT2D eigenvalue weighted by atomic mass is 16.2. The Bertz CT molecular complexity index is 1110. The summed E-state index contributed by atoms with van der Waals surface area (Å²) in [6.45, 7) is 2.68. The summed E-state index contributed by atoms with van der Waals surface area (Å²) in [5, 5.41) is 0. The van der Waals surface area contributed by atoms with Gasteiger partial charge < -0.3 is 9.80 Å². The molecule has 0 radical (unpaired) electrons. The van der Waals surface area contributed by atoms with Crippen LogP contribution in [-0.4, -0.2) is 52.7 Å². The number of ketones is 1. The Morgan fingerprint density at radius 3 is 2.31 bits per heavy atom. The molecular weight excluding hydrogens is 400 g/mol. The van der Waals surface area contributed by atoms with Crippen LogP contribution in [0.2, 0.25) is 0 Å². The van der Waals surface area contributed by atoms with Crippen molar-refractivity contribution < 1.29 is 9.59 Å². The minimum atomic E-state index is 0.114. The summed E-state index contributed by atoms with van der Waals surface area (Å²) in [5.41, 5.74) is 3.70. The van der Waals surface area contributed by atoms with Crippen molar-refractivity contribution in [3.05, 3.63) is 89.2 Å². The molecule has 1 unspecified atom stereocenters. The number of piperazine rings is 1. The van der Waals surface area contributed by atoms with Gasteiger partial charge in [-0.25, -0.2) is 9.97 Å². The molecule has 0 spiro atoms. The van der Waals surface area contributed by atoms with Gasteiger partial charge in [-0.3, -0.25) is 9.59 Å². The number of benzene rings is 2. The minimum Gasteiger partial charge on any atom is -0.339 e. The fourth-order valence-corrected chi connectivity index (χ4v) is 4.59. The van der Waals surface area contributed by atoms with Gasteiger partial charge in [0.1, 0.15) is 0 Å². The van der Waals surface area contributed by atoms with Gasteiger partial charge in [-0.2, -0.15) is 0 Å². The number of fused-ring (bicyclic) bond motifs is 1. The molecule has 0 saturated carbocycles. The van der Waals surface area contributed by atoms with Gasteiger partial charge in [0.25, 0.3) is 0 Å². The lowest BCUT2D eigenvalue weighted by molar-refractivity contribution is -0.130. The smallest absolute Gasteiger partial charge is 0.227 e. The first-order valence-electron chi connectivity index (χ1n) is 11.2. The third-order valence-electron chi connectivity index (χ3n) is 6.41. The zero-order valence-corrected chi connectivity index (χ0v) is 18.0. The highest BCUT2D eigenvalue weighted by Gasteiger charge is 2.29. The number of Topliss-reactive ketones (excluding diaryl/α,β-unsaturated/α-hetero) is 1. The molecule has 1 saturated heterocycles. The van der Waals surface area contributed by atoms with Crippen molar-refractivity contribution in [2.45, 2.75) is 25.2 Å². The first-order valence-corrected chi connectivity index (χ1v) is 11.2. The fraction of sp³-hybridized carbons (Fsp3) is 0.308. The van der Waals surface area contributed by atoms with Crippen molar-refractivity contribution in [3.63, 3.8) is 0 Å². The molecule has 1 atom stereocenters. The van der Waals surface area contributed by atoms with Crippen LogP contribution in [-0.2, 0) is 17.6 Å². The summed E-state index contributed by atoms with van der Waals surface area (Å²) in [6.07, 6.45) is 3.37. The van der Waals surface area contributed by atoms with Gasteiger partial charge in [-0.15, -0.1) is 0 Å². The standard InChI is InChI=1S/C26H26N4O2/c31-24-17-21(20-9-5-2-6-10-20)16-23-22(24)18-27-26(28-23)30-13-11-29(12-14-30)25(32)15-19-7-3-1-4-8-19/h1-10,18,21H,11-17H2. The van der Waals surface area contributed by atoms with Crippen LogP contribution in [0.5, 0.6) is 0 Å². The van der Waals surface area contributed by atoms with Crippen molar-refractivity contribution in [2.24, 2.45) is 0 Å². The van der Waals surface area contributed by atoms with E-state index in [1.807, 2.05) is 53.4 Å². The van der Waals surface area contributed by atoms with Gasteiger partial charge in [-0.1, -0.05) is 60.7 Å². The highest BCUT2D eigenvalue weighted by Crippen LogP contribution is 2.32. The summed E-state index contributed by atoms with van der Waals surface area (Å²) in [4.78, 5) is 38.6. The van der Waals surface area contributed by atoms with Crippen LogP contribution in [0.15, 0.2) is 66.9 Å². The lowest BCUT2D eigenvalue weighted by atomic mass is 9.82. The van der Waals surface area contributed by atoms with Gasteiger partial charge in [0, 0.05) is 38.8 Å². The molecule has 2 heterocycles. The van der Waals surface area contributed by atoms with Crippen LogP contribution < -0.4 is 4.90 Å². The topological polar surface area (TPSA) is 66.4 Å². The normalized spacial score (nSPS) is 18.4. The number of rotatable bonds is 4. The second-order valence-corrected chi connectivity index (χ2v) is 8.50. The molecule has 1 aliphatic carbocycles. The van der Waals surface area contributed by atoms with E-state index < -0.39 is 0 Å². The molecule has 32 heavy (non-hydrogen) atoms. The van der Waals surface area contributed by atoms with E-state index >= 15 is 0 Å². The Morgan fingerprint density at radius 2 is 1.59 bits per heavy atom. The van der Waals surface area contributed by atoms with E-state index in [2.05, 4.69) is 22.0 Å². The lowest BCUT2D eigenvalue weighted by Gasteiger charge is -2.35. The van der Waals surface area contributed by atoms with Crippen LogP contribution in [0.1, 0.15) is 39.5 Å². The van der Waals surface area contributed by atoms with E-state index in [-0.39, 0.29) is 17.6 Å². The Balaban J connectivity index is 1.25. The maximum absolute atomic E-state index is 12.7. The number of carbonyl (C=O) groups is 2. The van der Waals surface area contributed by atoms with Crippen LogP contribution in [0.25, 0.3) is 0 Å². The number of anilines is 1. The molecule has 5 rings (SSSR count). The molecule has 1 aromatic heterocycles. The Morgan fingerprint density at radius 1 is 0.906 bits per heavy atom. The molecule has 1 amide bonds. The largest absolute Gasteiger partial charge is 0.339 e. The Kier molecular flexibility index (Phi) is 5.67. The molecule has 2 aromatic carbocycles. The number of hydrogen-bond acceptors (Lipinski definition) is 5. The first-order chi connectivity index (χ1) is 15.7. The van der Waals surface area contributed by atoms with Gasteiger partial charge in [0.15, 0.2) is 5.78 Å². The second-order valence-electron chi connectivity index (χ2n) is 8.50. The van der Waals surface area contributed by atoms with E-state index in [1.54, 1.807) is 6.20 Å². The first kappa shape index (κ1) is 20.4. The van der Waals surface area contributed by atoms with Crippen LogP contribution in [0.3, 0.4) is 0 Å². The summed E-state index contributed by atoms with van der Waals surface area (Å²) in [5.74, 6) is 1.08. The van der Waals surface area contributed by atoms with Gasteiger partial charge in [0.05, 0.1) is 17.7 Å². The average Bonchev–Trinajstić information content (AvgIpc) is 2.85. The predicted molar refractivity (Wildman–Crippen MR) is 123 cm³/mol. The van der Waals surface area contributed by atoms with Gasteiger partial charge >= 0.3 is 0 Å². The molecule has 1 aliphatic heterocycles. The lowest BCUT2D eigenvalue weighted by Crippen LogP contribution is -2.49. The molecule has 1 fully saturated rings. The molecule has 3 aromatic rings. The molecule has 6 nitrogen and oxygen atoms in total. The van der Waals surface area contributed by atoms with E-state index in [0.29, 0.717) is 50.5 Å². The molecule has 0 bridgehead atoms. The van der Waals surface area contributed by atoms with E-state index in [9.17, 15) is 9.59 Å². The molecule has 162 valence electrons. The Labute approximate surface area is 187 Å². The highest BCUT2D eigenvalue weighted by molar-refractivity contribution is 5.98. The quantitative estimate of drug-likeness (QED) is 0.641. The zero-order chi connectivity index (χ0) is 21.9. The number of aromatic nitrogens is 2. The van der Waals surface area contributed by atoms with Crippen molar-refractivity contribution in [1.29, 1.82) is 0 Å². The van der Waals surface area contributed by atoms with Gasteiger partial charge in [0.2, 0.25) is 11.9 Å². The number of nitrogens with zero attached hydrogens (tertiary/aromatic N) is 4. The third-order valence-corrected chi connectivity index (χ3v) is 6.41. The predicted octanol–water partition coefficient (Wildman–Crippen LogP) is 3.28. The second kappa shape index (κ2) is 8.91. The average molecular weight is 427 g/mol. The monoisotopic (exact) mass is 426 g/mol. The van der Waals surface area contributed by atoms with Crippen LogP contribution in [0.4, 0.5) is 5.95 Å². The Hall–Kier alpha value is -3.54. The summed E-state index contributed by atoms with van der Waals surface area (Å²) >= 11 is 0. The fourth-order valence-electron chi connectivity index (χ4n) is 4.59. The van der Waals surface area contributed by atoms with Crippen LogP contribution in [0, 0.1) is 0 Å². The van der Waals surface area contributed by atoms with Crippen molar-refractivity contribution >= 4 is 17.6 Å². The maximum Gasteiger partial charge on any atom is 0.227 e. The number of amides is 1.